The number of halogens is 4. The number of rotatable bonds is 7. The van der Waals surface area contributed by atoms with Gasteiger partial charge in [-0.15, -0.1) is 12.4 Å². The van der Waals surface area contributed by atoms with Gasteiger partial charge < -0.3 is 19.9 Å². The Morgan fingerprint density at radius 1 is 1.14 bits per heavy atom. The van der Waals surface area contributed by atoms with Crippen LogP contribution in [-0.4, -0.2) is 23.6 Å². The molecule has 1 fully saturated rings. The number of piperidine rings is 1. The minimum atomic E-state index is -0.707. The van der Waals surface area contributed by atoms with Gasteiger partial charge in [-0.05, 0) is 78.6 Å². The zero-order chi connectivity index (χ0) is 24.9. The van der Waals surface area contributed by atoms with Crippen LogP contribution in [0.4, 0.5) is 14.5 Å². The van der Waals surface area contributed by atoms with Crippen LogP contribution >= 0.6 is 28.3 Å². The molecule has 6 nitrogen and oxygen atoms in total. The molecule has 1 aliphatic heterocycles. The topological polar surface area (TPSA) is 72.4 Å². The van der Waals surface area contributed by atoms with Crippen LogP contribution in [0.15, 0.2) is 57.8 Å². The fourth-order valence-corrected chi connectivity index (χ4v) is 4.46. The Hall–Kier alpha value is -2.75. The predicted octanol–water partition coefficient (Wildman–Crippen LogP) is 5.18. The average molecular weight is 583 g/mol. The first-order chi connectivity index (χ1) is 16.8. The second-order valence-electron chi connectivity index (χ2n) is 8.59. The van der Waals surface area contributed by atoms with E-state index in [-0.39, 0.29) is 52.2 Å². The molecule has 0 atom stereocenters. The summed E-state index contributed by atoms with van der Waals surface area (Å²) in [5, 5.41) is 6.22. The molecule has 0 aliphatic carbocycles. The van der Waals surface area contributed by atoms with E-state index in [0.29, 0.717) is 12.2 Å². The van der Waals surface area contributed by atoms with E-state index in [2.05, 4.69) is 26.6 Å². The highest BCUT2D eigenvalue weighted by molar-refractivity contribution is 9.10. The van der Waals surface area contributed by atoms with Crippen molar-refractivity contribution in [3.8, 4) is 5.75 Å². The number of aromatic nitrogens is 1. The number of carbonyl (C=O) groups excluding carboxylic acids is 1. The van der Waals surface area contributed by atoms with Gasteiger partial charge in [0.15, 0.2) is 0 Å². The van der Waals surface area contributed by atoms with Crippen LogP contribution < -0.4 is 20.9 Å². The number of nitrogens with zero attached hydrogens (tertiary/aromatic N) is 1. The Kier molecular flexibility index (Phi) is 9.64. The third-order valence-electron chi connectivity index (χ3n) is 6.09. The van der Waals surface area contributed by atoms with Gasteiger partial charge in [-0.25, -0.2) is 8.78 Å². The molecule has 2 heterocycles. The predicted molar refractivity (Wildman–Crippen MR) is 141 cm³/mol. The van der Waals surface area contributed by atoms with E-state index in [1.807, 2.05) is 24.3 Å². The lowest BCUT2D eigenvalue weighted by molar-refractivity contribution is -0.120. The summed E-state index contributed by atoms with van der Waals surface area (Å²) in [5.41, 5.74) is 2.18. The van der Waals surface area contributed by atoms with E-state index in [9.17, 15) is 18.4 Å². The number of benzene rings is 2. The van der Waals surface area contributed by atoms with Gasteiger partial charge >= 0.3 is 0 Å². The van der Waals surface area contributed by atoms with Crippen molar-refractivity contribution in [3.05, 3.63) is 91.8 Å². The SMILES string of the molecule is Cc1cc(OCc2ccc(F)cc2F)c(Br)c(=O)n1Cc1ccc(NC(=O)C2CCNCC2)cc1.Cl. The first-order valence-electron chi connectivity index (χ1n) is 11.4. The van der Waals surface area contributed by atoms with Crippen LogP contribution in [0.5, 0.6) is 5.75 Å². The highest BCUT2D eigenvalue weighted by Gasteiger charge is 2.21. The zero-order valence-corrected chi connectivity index (χ0v) is 22.1. The third kappa shape index (κ3) is 6.72. The number of hydrogen-bond acceptors (Lipinski definition) is 4. The molecule has 1 amide bonds. The van der Waals surface area contributed by atoms with E-state index in [1.165, 1.54) is 6.07 Å². The van der Waals surface area contributed by atoms with E-state index >= 15 is 0 Å². The molecular weight excluding hydrogens is 556 g/mol. The van der Waals surface area contributed by atoms with Crippen LogP contribution in [0.3, 0.4) is 0 Å². The molecule has 36 heavy (non-hydrogen) atoms. The molecule has 2 N–H and O–H groups in total. The fourth-order valence-electron chi connectivity index (χ4n) is 4.02. The lowest BCUT2D eigenvalue weighted by Gasteiger charge is -2.21. The van der Waals surface area contributed by atoms with Gasteiger partial charge in [-0.1, -0.05) is 12.1 Å². The molecule has 1 aromatic heterocycles. The number of aryl methyl sites for hydroxylation is 1. The maximum atomic E-state index is 13.9. The molecular formula is C26H27BrClF2N3O3. The van der Waals surface area contributed by atoms with Gasteiger partial charge in [-0.3, -0.25) is 9.59 Å². The molecule has 0 radical (unpaired) electrons. The van der Waals surface area contributed by atoms with Gasteiger partial charge in [-0.2, -0.15) is 0 Å². The summed E-state index contributed by atoms with van der Waals surface area (Å²) in [6, 6.07) is 12.4. The van der Waals surface area contributed by atoms with E-state index in [0.717, 1.165) is 49.3 Å². The Bertz CT molecular complexity index is 1280. The normalized spacial score (nSPS) is 13.7. The molecule has 0 bridgehead atoms. The van der Waals surface area contributed by atoms with Gasteiger partial charge in [0.05, 0.1) is 6.54 Å². The number of ether oxygens (including phenoxy) is 1. The van der Waals surface area contributed by atoms with Crippen LogP contribution in [-0.2, 0) is 17.9 Å². The minimum Gasteiger partial charge on any atom is -0.487 e. The molecule has 0 spiro atoms. The lowest BCUT2D eigenvalue weighted by atomic mass is 9.97. The van der Waals surface area contributed by atoms with Crippen LogP contribution in [0.2, 0.25) is 0 Å². The largest absolute Gasteiger partial charge is 0.487 e. The Labute approximate surface area is 222 Å². The second-order valence-corrected chi connectivity index (χ2v) is 9.38. The van der Waals surface area contributed by atoms with E-state index in [1.54, 1.807) is 17.6 Å². The van der Waals surface area contributed by atoms with Gasteiger partial charge in [0.25, 0.3) is 5.56 Å². The smallest absolute Gasteiger partial charge is 0.269 e. The van der Waals surface area contributed by atoms with Crippen LogP contribution in [0, 0.1) is 24.5 Å². The summed E-state index contributed by atoms with van der Waals surface area (Å²) in [7, 11) is 0. The number of amides is 1. The highest BCUT2D eigenvalue weighted by Crippen LogP contribution is 2.25. The fraction of sp³-hybridized carbons (Fsp3) is 0.308. The zero-order valence-electron chi connectivity index (χ0n) is 19.7. The Balaban J connectivity index is 0.00000361. The first-order valence-corrected chi connectivity index (χ1v) is 12.2. The summed E-state index contributed by atoms with van der Waals surface area (Å²) in [4.78, 5) is 25.4. The highest BCUT2D eigenvalue weighted by atomic mass is 79.9. The average Bonchev–Trinajstić information content (AvgIpc) is 2.85. The maximum Gasteiger partial charge on any atom is 0.269 e. The number of hydrogen-bond donors (Lipinski definition) is 2. The molecule has 2 aromatic carbocycles. The lowest BCUT2D eigenvalue weighted by Crippen LogP contribution is -2.34. The number of nitrogens with one attached hydrogen (secondary N) is 2. The summed E-state index contributed by atoms with van der Waals surface area (Å²) < 4.78 is 34.5. The minimum absolute atomic E-state index is 0. The summed E-state index contributed by atoms with van der Waals surface area (Å²) in [6.07, 6.45) is 1.67. The first kappa shape index (κ1) is 27.8. The molecule has 0 unspecified atom stereocenters. The monoisotopic (exact) mass is 581 g/mol. The summed E-state index contributed by atoms with van der Waals surface area (Å²) in [6.45, 7) is 3.69. The van der Waals surface area contributed by atoms with Crippen molar-refractivity contribution in [1.82, 2.24) is 9.88 Å². The van der Waals surface area contributed by atoms with Gasteiger partial charge in [0.1, 0.15) is 28.5 Å². The van der Waals surface area contributed by atoms with Gasteiger partial charge in [0, 0.05) is 35.0 Å². The van der Waals surface area contributed by atoms with Crippen molar-refractivity contribution in [3.63, 3.8) is 0 Å². The Morgan fingerprint density at radius 2 is 1.83 bits per heavy atom. The summed E-state index contributed by atoms with van der Waals surface area (Å²) in [5.74, 6) is -1.03. The standard InChI is InChI=1S/C26H26BrF2N3O3.ClH/c1-16-12-23(35-15-19-4-5-20(28)13-22(19)29)24(27)26(34)32(16)14-17-2-6-21(7-3-17)31-25(33)18-8-10-30-11-9-18;/h2-7,12-13,18,30H,8-11,14-15H2,1H3,(H,31,33);1H. The number of anilines is 1. The summed E-state index contributed by atoms with van der Waals surface area (Å²) >= 11 is 3.29. The van der Waals surface area contributed by atoms with E-state index in [4.69, 9.17) is 4.74 Å². The Morgan fingerprint density at radius 3 is 2.50 bits per heavy atom. The molecule has 0 saturated carbocycles. The quantitative estimate of drug-likeness (QED) is 0.403. The molecule has 1 saturated heterocycles. The third-order valence-corrected chi connectivity index (χ3v) is 6.82. The van der Waals surface area contributed by atoms with Crippen molar-refractivity contribution in [2.24, 2.45) is 5.92 Å². The van der Waals surface area contributed by atoms with Crippen molar-refractivity contribution >= 4 is 39.9 Å². The van der Waals surface area contributed by atoms with Crippen molar-refractivity contribution in [2.45, 2.75) is 32.9 Å². The van der Waals surface area contributed by atoms with Crippen molar-refractivity contribution in [1.29, 1.82) is 0 Å². The number of pyridine rings is 1. The molecule has 3 aromatic rings. The van der Waals surface area contributed by atoms with E-state index < -0.39 is 11.6 Å². The number of carbonyl (C=O) groups is 1. The van der Waals surface area contributed by atoms with Crippen LogP contribution in [0.1, 0.15) is 29.7 Å². The molecule has 4 rings (SSSR count). The molecule has 192 valence electrons. The molecule has 10 heteroatoms. The van der Waals surface area contributed by atoms with Crippen molar-refractivity contribution in [2.75, 3.05) is 18.4 Å². The maximum absolute atomic E-state index is 13.9. The molecule has 1 aliphatic rings. The van der Waals surface area contributed by atoms with Gasteiger partial charge in [0.2, 0.25) is 5.91 Å². The van der Waals surface area contributed by atoms with Crippen molar-refractivity contribution < 1.29 is 18.3 Å². The second kappa shape index (κ2) is 12.5. The van der Waals surface area contributed by atoms with Crippen LogP contribution in [0.25, 0.3) is 0 Å².